The molecule has 0 spiro atoms. The lowest BCUT2D eigenvalue weighted by atomic mass is 10.2. The molecule has 0 aliphatic heterocycles. The van der Waals surface area contributed by atoms with Crippen molar-refractivity contribution in [1.29, 1.82) is 0 Å². The first-order chi connectivity index (χ1) is 5.17. The van der Waals surface area contributed by atoms with Crippen LogP contribution in [0.1, 0.15) is 6.42 Å². The molecule has 4 heteroatoms. The van der Waals surface area contributed by atoms with E-state index in [-0.39, 0.29) is 0 Å². The van der Waals surface area contributed by atoms with Gasteiger partial charge in [0, 0.05) is 0 Å². The summed E-state index contributed by atoms with van der Waals surface area (Å²) in [6.45, 7) is 0. The minimum absolute atomic E-state index is 0.391. The Morgan fingerprint density at radius 3 is 2.64 bits per heavy atom. The molecule has 1 aliphatic rings. The molecule has 0 bridgehead atoms. The Labute approximate surface area is 66.9 Å². The minimum Gasteiger partial charge on any atom is -0.218 e. The Hall–Kier alpha value is -0.610. The Morgan fingerprint density at radius 2 is 2.18 bits per heavy atom. The van der Waals surface area contributed by atoms with E-state index in [1.807, 2.05) is 12.2 Å². The third-order valence-electron chi connectivity index (χ3n) is 1.62. The summed E-state index contributed by atoms with van der Waals surface area (Å²) in [5.74, 6) is 0. The third-order valence-corrected chi connectivity index (χ3v) is 3.34. The first-order valence-electron chi connectivity index (χ1n) is 3.42. The van der Waals surface area contributed by atoms with E-state index >= 15 is 0 Å². The highest BCUT2D eigenvalue weighted by molar-refractivity contribution is 7.90. The molecule has 62 valence electrons. The van der Waals surface area contributed by atoms with Gasteiger partial charge in [-0.2, -0.15) is 0 Å². The van der Waals surface area contributed by atoms with Crippen LogP contribution in [0, 0.1) is 0 Å². The molecular weight excluding hydrogens is 162 g/mol. The van der Waals surface area contributed by atoms with E-state index in [9.17, 15) is 8.42 Å². The number of nitrogens with one attached hydrogen (secondary N) is 1. The van der Waals surface area contributed by atoms with E-state index in [0.29, 0.717) is 6.42 Å². The van der Waals surface area contributed by atoms with Crippen molar-refractivity contribution in [2.24, 2.45) is 0 Å². The van der Waals surface area contributed by atoms with Crippen molar-refractivity contribution in [3.8, 4) is 0 Å². The molecule has 1 N–H and O–H groups in total. The first-order valence-corrected chi connectivity index (χ1v) is 4.97. The van der Waals surface area contributed by atoms with Gasteiger partial charge in [0.2, 0.25) is 10.0 Å². The standard InChI is InChI=1S/C7H11NO2S/c1-8-11(9,10)7-5-3-2-4-6-7/h2-5,7-8H,6H2,1H3. The zero-order chi connectivity index (χ0) is 8.32. The van der Waals surface area contributed by atoms with Gasteiger partial charge in [-0.1, -0.05) is 24.3 Å². The molecule has 1 rings (SSSR count). The van der Waals surface area contributed by atoms with Gasteiger partial charge in [-0.05, 0) is 13.5 Å². The highest BCUT2D eigenvalue weighted by Crippen LogP contribution is 2.10. The van der Waals surface area contributed by atoms with Gasteiger partial charge < -0.3 is 0 Å². The average Bonchev–Trinajstić information content (AvgIpc) is 2.06. The smallest absolute Gasteiger partial charge is 0.218 e. The van der Waals surface area contributed by atoms with Gasteiger partial charge in [-0.3, -0.25) is 0 Å². The van der Waals surface area contributed by atoms with Crippen LogP contribution in [-0.2, 0) is 10.0 Å². The highest BCUT2D eigenvalue weighted by atomic mass is 32.2. The van der Waals surface area contributed by atoms with Crippen LogP contribution in [0.2, 0.25) is 0 Å². The first kappa shape index (κ1) is 8.49. The highest BCUT2D eigenvalue weighted by Gasteiger charge is 2.19. The van der Waals surface area contributed by atoms with Gasteiger partial charge >= 0.3 is 0 Å². The molecule has 0 fully saturated rings. The largest absolute Gasteiger partial charge is 0.218 e. The lowest BCUT2D eigenvalue weighted by Gasteiger charge is -2.12. The Morgan fingerprint density at radius 1 is 1.45 bits per heavy atom. The molecule has 0 saturated carbocycles. The average molecular weight is 173 g/mol. The summed E-state index contributed by atoms with van der Waals surface area (Å²) in [6.07, 6.45) is 7.70. The maximum atomic E-state index is 11.2. The van der Waals surface area contributed by atoms with Crippen LogP contribution in [0.4, 0.5) is 0 Å². The Bertz CT molecular complexity index is 277. The van der Waals surface area contributed by atoms with Crippen molar-refractivity contribution in [3.05, 3.63) is 24.3 Å². The van der Waals surface area contributed by atoms with E-state index < -0.39 is 15.3 Å². The van der Waals surface area contributed by atoms with Gasteiger partial charge in [-0.25, -0.2) is 13.1 Å². The fourth-order valence-corrected chi connectivity index (χ4v) is 1.90. The molecule has 1 aliphatic carbocycles. The predicted molar refractivity (Wildman–Crippen MR) is 44.7 cm³/mol. The van der Waals surface area contributed by atoms with Crippen LogP contribution in [-0.4, -0.2) is 20.7 Å². The summed E-state index contributed by atoms with van der Waals surface area (Å²) >= 11 is 0. The van der Waals surface area contributed by atoms with Crippen molar-refractivity contribution in [2.45, 2.75) is 11.7 Å². The second-order valence-electron chi connectivity index (χ2n) is 2.34. The van der Waals surface area contributed by atoms with E-state index in [4.69, 9.17) is 0 Å². The molecule has 1 atom stereocenters. The van der Waals surface area contributed by atoms with E-state index in [1.165, 1.54) is 7.05 Å². The molecule has 3 nitrogen and oxygen atoms in total. The fourth-order valence-electron chi connectivity index (χ4n) is 0.939. The van der Waals surface area contributed by atoms with Crippen LogP contribution in [0.5, 0.6) is 0 Å². The van der Waals surface area contributed by atoms with Crippen LogP contribution >= 0.6 is 0 Å². The van der Waals surface area contributed by atoms with Crippen molar-refractivity contribution in [3.63, 3.8) is 0 Å². The van der Waals surface area contributed by atoms with E-state index in [2.05, 4.69) is 4.72 Å². The monoisotopic (exact) mass is 173 g/mol. The number of hydrogen-bond donors (Lipinski definition) is 1. The topological polar surface area (TPSA) is 46.2 Å². The second-order valence-corrected chi connectivity index (χ2v) is 4.44. The molecule has 11 heavy (non-hydrogen) atoms. The summed E-state index contributed by atoms with van der Waals surface area (Å²) in [5, 5.41) is -0.391. The van der Waals surface area contributed by atoms with Crippen LogP contribution in [0.25, 0.3) is 0 Å². The summed E-state index contributed by atoms with van der Waals surface area (Å²) in [6, 6.07) is 0. The maximum absolute atomic E-state index is 11.2. The van der Waals surface area contributed by atoms with Crippen LogP contribution < -0.4 is 4.72 Å². The third kappa shape index (κ3) is 1.91. The summed E-state index contributed by atoms with van der Waals surface area (Å²) < 4.78 is 24.6. The number of sulfonamides is 1. The normalized spacial score (nSPS) is 23.9. The zero-order valence-corrected chi connectivity index (χ0v) is 7.14. The summed E-state index contributed by atoms with van der Waals surface area (Å²) in [7, 11) is -1.68. The zero-order valence-electron chi connectivity index (χ0n) is 6.32. The van der Waals surface area contributed by atoms with Gasteiger partial charge in [0.05, 0.1) is 5.25 Å². The van der Waals surface area contributed by atoms with Gasteiger partial charge in [0.25, 0.3) is 0 Å². The lowest BCUT2D eigenvalue weighted by Crippen LogP contribution is -2.30. The molecule has 0 aromatic heterocycles. The molecule has 0 heterocycles. The molecule has 0 amide bonds. The fraction of sp³-hybridized carbons (Fsp3) is 0.429. The molecular formula is C7H11NO2S. The van der Waals surface area contributed by atoms with Crippen molar-refractivity contribution < 1.29 is 8.42 Å². The predicted octanol–water partition coefficient (Wildman–Crippen LogP) is 0.420. The van der Waals surface area contributed by atoms with Crippen molar-refractivity contribution in [1.82, 2.24) is 4.72 Å². The quantitative estimate of drug-likeness (QED) is 0.658. The number of allylic oxidation sites excluding steroid dienone is 3. The van der Waals surface area contributed by atoms with Crippen LogP contribution in [0.3, 0.4) is 0 Å². The second kappa shape index (κ2) is 3.19. The Balaban J connectivity index is 2.78. The number of hydrogen-bond acceptors (Lipinski definition) is 2. The Kier molecular flexibility index (Phi) is 2.46. The van der Waals surface area contributed by atoms with Gasteiger partial charge in [0.1, 0.15) is 0 Å². The van der Waals surface area contributed by atoms with Gasteiger partial charge in [0.15, 0.2) is 0 Å². The molecule has 1 unspecified atom stereocenters. The lowest BCUT2D eigenvalue weighted by molar-refractivity contribution is 0.580. The van der Waals surface area contributed by atoms with Gasteiger partial charge in [-0.15, -0.1) is 0 Å². The van der Waals surface area contributed by atoms with E-state index in [1.54, 1.807) is 12.2 Å². The maximum Gasteiger partial charge on any atom is 0.218 e. The molecule has 0 aromatic carbocycles. The van der Waals surface area contributed by atoms with Crippen molar-refractivity contribution >= 4 is 10.0 Å². The van der Waals surface area contributed by atoms with Crippen LogP contribution in [0.15, 0.2) is 24.3 Å². The molecule has 0 saturated heterocycles. The van der Waals surface area contributed by atoms with Crippen molar-refractivity contribution in [2.75, 3.05) is 7.05 Å². The number of rotatable bonds is 2. The molecule has 0 radical (unpaired) electrons. The molecule has 0 aromatic rings. The van der Waals surface area contributed by atoms with E-state index in [0.717, 1.165) is 0 Å². The SMILES string of the molecule is CNS(=O)(=O)C1C=CC=CC1. The minimum atomic E-state index is -3.11. The summed E-state index contributed by atoms with van der Waals surface area (Å²) in [5.41, 5.74) is 0. The summed E-state index contributed by atoms with van der Waals surface area (Å²) in [4.78, 5) is 0.